The third-order valence-electron chi connectivity index (χ3n) is 3.49. The molecule has 0 aliphatic carbocycles. The first-order chi connectivity index (χ1) is 8.20. The Bertz CT molecular complexity index is 493. The lowest BCUT2D eigenvalue weighted by atomic mass is 10.0. The zero-order valence-electron chi connectivity index (χ0n) is 10.8. The Labute approximate surface area is 103 Å². The van der Waals surface area contributed by atoms with E-state index in [2.05, 4.69) is 55.3 Å². The lowest BCUT2D eigenvalue weighted by Gasteiger charge is -2.21. The summed E-state index contributed by atoms with van der Waals surface area (Å²) in [5, 5.41) is 4.75. The summed E-state index contributed by atoms with van der Waals surface area (Å²) in [5.41, 5.74) is 2.23. The Morgan fingerprint density at radius 3 is 2.82 bits per heavy atom. The van der Waals surface area contributed by atoms with Gasteiger partial charge in [-0.1, -0.05) is 26.3 Å². The van der Waals surface area contributed by atoms with Crippen LogP contribution < -0.4 is 5.32 Å². The van der Waals surface area contributed by atoms with Crippen molar-refractivity contribution in [3.8, 4) is 0 Å². The molecule has 2 atom stereocenters. The molecule has 2 heteroatoms. The Morgan fingerprint density at radius 2 is 2.06 bits per heavy atom. The molecule has 1 aromatic heterocycles. The highest BCUT2D eigenvalue weighted by atomic mass is 14.9. The summed E-state index contributed by atoms with van der Waals surface area (Å²) in [7, 11) is 0. The zero-order valence-corrected chi connectivity index (χ0v) is 10.8. The van der Waals surface area contributed by atoms with Gasteiger partial charge in [-0.2, -0.15) is 0 Å². The van der Waals surface area contributed by atoms with E-state index in [1.54, 1.807) is 0 Å². The van der Waals surface area contributed by atoms with Crippen LogP contribution >= 0.6 is 0 Å². The van der Waals surface area contributed by atoms with Crippen LogP contribution in [0.25, 0.3) is 10.9 Å². The van der Waals surface area contributed by atoms with E-state index in [4.69, 9.17) is 0 Å². The molecule has 2 unspecified atom stereocenters. The molecule has 2 aromatic rings. The highest BCUT2D eigenvalue weighted by Crippen LogP contribution is 2.19. The molecule has 0 amide bonds. The van der Waals surface area contributed by atoms with Crippen molar-refractivity contribution < 1.29 is 0 Å². The molecule has 90 valence electrons. The van der Waals surface area contributed by atoms with E-state index in [1.165, 1.54) is 17.5 Å². The van der Waals surface area contributed by atoms with Gasteiger partial charge in [-0.3, -0.25) is 4.98 Å². The molecule has 2 rings (SSSR count). The normalized spacial score (nSPS) is 14.5. The van der Waals surface area contributed by atoms with Gasteiger partial charge in [0.25, 0.3) is 0 Å². The number of rotatable bonds is 4. The van der Waals surface area contributed by atoms with Crippen molar-refractivity contribution in [3.05, 3.63) is 36.5 Å². The number of fused-ring (bicyclic) bond motifs is 1. The molecule has 0 aliphatic heterocycles. The number of hydrogen-bond donors (Lipinski definition) is 1. The molecular formula is C15H20N2. The number of aromatic nitrogens is 1. The topological polar surface area (TPSA) is 24.9 Å². The molecule has 1 N–H and O–H groups in total. The minimum Gasteiger partial charge on any atom is -0.382 e. The average molecular weight is 228 g/mol. The fraction of sp³-hybridized carbons (Fsp3) is 0.400. The SMILES string of the molecule is CCC(C)C(C)Nc1ccc2ncccc2c1. The predicted molar refractivity (Wildman–Crippen MR) is 74.3 cm³/mol. The van der Waals surface area contributed by atoms with Gasteiger partial charge in [0.1, 0.15) is 0 Å². The second-order valence-electron chi connectivity index (χ2n) is 4.73. The highest BCUT2D eigenvalue weighted by Gasteiger charge is 2.09. The van der Waals surface area contributed by atoms with Gasteiger partial charge < -0.3 is 5.32 Å². The molecule has 0 saturated carbocycles. The zero-order chi connectivity index (χ0) is 12.3. The minimum absolute atomic E-state index is 0.495. The summed E-state index contributed by atoms with van der Waals surface area (Å²) < 4.78 is 0. The molecule has 17 heavy (non-hydrogen) atoms. The lowest BCUT2D eigenvalue weighted by Crippen LogP contribution is -2.23. The van der Waals surface area contributed by atoms with E-state index in [0.29, 0.717) is 12.0 Å². The van der Waals surface area contributed by atoms with Crippen LogP contribution in [0.2, 0.25) is 0 Å². The van der Waals surface area contributed by atoms with Crippen molar-refractivity contribution in [2.24, 2.45) is 5.92 Å². The molecule has 1 aromatic carbocycles. The van der Waals surface area contributed by atoms with Gasteiger partial charge in [0.05, 0.1) is 5.52 Å². The van der Waals surface area contributed by atoms with E-state index >= 15 is 0 Å². The van der Waals surface area contributed by atoms with Crippen LogP contribution in [0.3, 0.4) is 0 Å². The summed E-state index contributed by atoms with van der Waals surface area (Å²) in [6.45, 7) is 6.75. The first-order valence-electron chi connectivity index (χ1n) is 6.32. The van der Waals surface area contributed by atoms with Crippen molar-refractivity contribution in [2.75, 3.05) is 5.32 Å². The fourth-order valence-electron chi connectivity index (χ4n) is 1.92. The summed E-state index contributed by atoms with van der Waals surface area (Å²) in [5.74, 6) is 0.680. The molecule has 0 aliphatic rings. The molecule has 0 radical (unpaired) electrons. The maximum Gasteiger partial charge on any atom is 0.0703 e. The Kier molecular flexibility index (Phi) is 3.62. The van der Waals surface area contributed by atoms with Crippen LogP contribution in [0.5, 0.6) is 0 Å². The highest BCUT2D eigenvalue weighted by molar-refractivity contribution is 5.82. The lowest BCUT2D eigenvalue weighted by molar-refractivity contribution is 0.495. The van der Waals surface area contributed by atoms with Crippen molar-refractivity contribution in [1.29, 1.82) is 0 Å². The van der Waals surface area contributed by atoms with E-state index in [1.807, 2.05) is 12.3 Å². The standard InChI is InChI=1S/C15H20N2/c1-4-11(2)12(3)17-14-7-8-15-13(10-14)6-5-9-16-15/h5-12,17H,4H2,1-3H3. The maximum atomic E-state index is 4.32. The van der Waals surface area contributed by atoms with Crippen LogP contribution in [0.4, 0.5) is 5.69 Å². The molecule has 0 saturated heterocycles. The molecule has 1 heterocycles. The third kappa shape index (κ3) is 2.76. The smallest absolute Gasteiger partial charge is 0.0703 e. The van der Waals surface area contributed by atoms with Crippen LogP contribution in [-0.4, -0.2) is 11.0 Å². The number of pyridine rings is 1. The first kappa shape index (κ1) is 11.9. The van der Waals surface area contributed by atoms with E-state index in [0.717, 1.165) is 5.52 Å². The van der Waals surface area contributed by atoms with Gasteiger partial charge in [0, 0.05) is 23.3 Å². The molecular weight excluding hydrogens is 208 g/mol. The first-order valence-corrected chi connectivity index (χ1v) is 6.32. The predicted octanol–water partition coefficient (Wildman–Crippen LogP) is 4.08. The number of anilines is 1. The van der Waals surface area contributed by atoms with E-state index < -0.39 is 0 Å². The third-order valence-corrected chi connectivity index (χ3v) is 3.49. The second-order valence-corrected chi connectivity index (χ2v) is 4.73. The van der Waals surface area contributed by atoms with Crippen LogP contribution in [0.15, 0.2) is 36.5 Å². The second kappa shape index (κ2) is 5.17. The van der Waals surface area contributed by atoms with Gasteiger partial charge >= 0.3 is 0 Å². The Hall–Kier alpha value is -1.57. The van der Waals surface area contributed by atoms with Gasteiger partial charge in [-0.05, 0) is 37.1 Å². The van der Waals surface area contributed by atoms with Crippen molar-refractivity contribution >= 4 is 16.6 Å². The number of benzene rings is 1. The molecule has 0 bridgehead atoms. The van der Waals surface area contributed by atoms with E-state index in [-0.39, 0.29) is 0 Å². The molecule has 0 spiro atoms. The Balaban J connectivity index is 2.19. The van der Waals surface area contributed by atoms with Crippen molar-refractivity contribution in [3.63, 3.8) is 0 Å². The Morgan fingerprint density at radius 1 is 1.24 bits per heavy atom. The quantitative estimate of drug-likeness (QED) is 0.852. The summed E-state index contributed by atoms with van der Waals surface area (Å²) in [4.78, 5) is 4.32. The summed E-state index contributed by atoms with van der Waals surface area (Å²) in [6.07, 6.45) is 3.03. The molecule has 0 fully saturated rings. The maximum absolute atomic E-state index is 4.32. The largest absolute Gasteiger partial charge is 0.382 e. The molecule has 2 nitrogen and oxygen atoms in total. The van der Waals surface area contributed by atoms with Gasteiger partial charge in [-0.25, -0.2) is 0 Å². The number of nitrogens with zero attached hydrogens (tertiary/aromatic N) is 1. The van der Waals surface area contributed by atoms with Crippen LogP contribution in [0.1, 0.15) is 27.2 Å². The van der Waals surface area contributed by atoms with Gasteiger partial charge in [0.15, 0.2) is 0 Å². The number of nitrogens with one attached hydrogen (secondary N) is 1. The summed E-state index contributed by atoms with van der Waals surface area (Å²) in [6, 6.07) is 10.9. The van der Waals surface area contributed by atoms with Crippen molar-refractivity contribution in [1.82, 2.24) is 4.98 Å². The van der Waals surface area contributed by atoms with Crippen LogP contribution in [0, 0.1) is 5.92 Å². The fourth-order valence-corrected chi connectivity index (χ4v) is 1.92. The van der Waals surface area contributed by atoms with Crippen molar-refractivity contribution in [2.45, 2.75) is 33.2 Å². The number of hydrogen-bond acceptors (Lipinski definition) is 2. The minimum atomic E-state index is 0.495. The summed E-state index contributed by atoms with van der Waals surface area (Å²) >= 11 is 0. The van der Waals surface area contributed by atoms with Gasteiger partial charge in [0.2, 0.25) is 0 Å². The van der Waals surface area contributed by atoms with E-state index in [9.17, 15) is 0 Å². The monoisotopic (exact) mass is 228 g/mol. The van der Waals surface area contributed by atoms with Crippen LogP contribution in [-0.2, 0) is 0 Å². The van der Waals surface area contributed by atoms with Gasteiger partial charge in [-0.15, -0.1) is 0 Å². The average Bonchev–Trinajstić information content (AvgIpc) is 2.37.